The lowest BCUT2D eigenvalue weighted by Gasteiger charge is -2.12. The van der Waals surface area contributed by atoms with Gasteiger partial charge in [-0.3, -0.25) is 19.0 Å². The maximum atomic E-state index is 13.7. The third kappa shape index (κ3) is 4.00. The second-order valence-electron chi connectivity index (χ2n) is 5.99. The summed E-state index contributed by atoms with van der Waals surface area (Å²) in [6, 6.07) is 10.7. The van der Waals surface area contributed by atoms with Gasteiger partial charge in [0, 0.05) is 12.6 Å². The Labute approximate surface area is 153 Å². The van der Waals surface area contributed by atoms with Crippen LogP contribution in [0.3, 0.4) is 0 Å². The van der Waals surface area contributed by atoms with Crippen molar-refractivity contribution in [2.24, 2.45) is 0 Å². The molecule has 0 saturated heterocycles. The number of hydrogen-bond acceptors (Lipinski definition) is 4. The fourth-order valence-corrected chi connectivity index (χ4v) is 2.70. The Morgan fingerprint density at radius 3 is 2.63 bits per heavy atom. The largest absolute Gasteiger partial charge is 0.324 e. The first kappa shape index (κ1) is 18.2. The quantitative estimate of drug-likeness (QED) is 0.740. The molecule has 0 aliphatic heterocycles. The van der Waals surface area contributed by atoms with Gasteiger partial charge in [0.05, 0.1) is 16.6 Å². The Bertz CT molecular complexity index is 1110. The second-order valence-corrected chi connectivity index (χ2v) is 5.99. The number of amides is 2. The van der Waals surface area contributed by atoms with Crippen molar-refractivity contribution in [3.05, 3.63) is 64.5 Å². The molecule has 1 heterocycles. The topological polar surface area (TPSA) is 93.1 Å². The van der Waals surface area contributed by atoms with Crippen LogP contribution in [0.4, 0.5) is 15.8 Å². The van der Waals surface area contributed by atoms with E-state index in [0.717, 1.165) is 6.07 Å². The minimum atomic E-state index is -0.617. The van der Waals surface area contributed by atoms with Crippen LogP contribution in [0.2, 0.25) is 0 Å². The molecule has 2 amide bonds. The van der Waals surface area contributed by atoms with Gasteiger partial charge in [0.1, 0.15) is 18.2 Å². The van der Waals surface area contributed by atoms with E-state index in [1.165, 1.54) is 23.6 Å². The van der Waals surface area contributed by atoms with Gasteiger partial charge in [-0.2, -0.15) is 0 Å². The number of hydrogen-bond donors (Lipinski definition) is 2. The maximum Gasteiger partial charge on any atom is 0.261 e. The van der Waals surface area contributed by atoms with Crippen LogP contribution in [0.5, 0.6) is 0 Å². The summed E-state index contributed by atoms with van der Waals surface area (Å²) in [6.45, 7) is 2.66. The van der Waals surface area contributed by atoms with E-state index in [2.05, 4.69) is 15.6 Å². The molecule has 1 aromatic heterocycles. The molecule has 3 rings (SSSR count). The smallest absolute Gasteiger partial charge is 0.261 e. The molecule has 8 heteroatoms. The lowest BCUT2D eigenvalue weighted by molar-refractivity contribution is -0.117. The summed E-state index contributed by atoms with van der Waals surface area (Å²) >= 11 is 0. The molecule has 7 nitrogen and oxygen atoms in total. The third-order valence-corrected chi connectivity index (χ3v) is 3.92. The van der Waals surface area contributed by atoms with Crippen LogP contribution < -0.4 is 16.2 Å². The van der Waals surface area contributed by atoms with E-state index in [-0.39, 0.29) is 17.8 Å². The number of carbonyl (C=O) groups excluding carboxylic acids is 2. The van der Waals surface area contributed by atoms with Gasteiger partial charge in [0.15, 0.2) is 0 Å². The first-order valence-electron chi connectivity index (χ1n) is 8.18. The molecule has 0 aliphatic rings. The van der Waals surface area contributed by atoms with Crippen LogP contribution in [0, 0.1) is 12.7 Å². The lowest BCUT2D eigenvalue weighted by atomic mass is 10.2. The predicted molar refractivity (Wildman–Crippen MR) is 100 cm³/mol. The number of fused-ring (bicyclic) bond motifs is 1. The Balaban J connectivity index is 1.84. The normalized spacial score (nSPS) is 10.6. The SMILES string of the molecule is CC(=O)Nc1cc(NC(=O)Cn2c(C)nc3ccccc3c2=O)ccc1F. The van der Waals surface area contributed by atoms with E-state index in [9.17, 15) is 18.8 Å². The van der Waals surface area contributed by atoms with Crippen molar-refractivity contribution in [1.82, 2.24) is 9.55 Å². The average molecular weight is 368 g/mol. The Hall–Kier alpha value is -3.55. The molecule has 0 spiro atoms. The number of nitrogens with zero attached hydrogens (tertiary/aromatic N) is 2. The molecule has 0 radical (unpaired) electrons. The Morgan fingerprint density at radius 1 is 1.15 bits per heavy atom. The predicted octanol–water partition coefficient (Wildman–Crippen LogP) is 2.44. The van der Waals surface area contributed by atoms with Crippen molar-refractivity contribution in [3.63, 3.8) is 0 Å². The van der Waals surface area contributed by atoms with Gasteiger partial charge in [-0.05, 0) is 37.3 Å². The molecule has 3 aromatic rings. The van der Waals surface area contributed by atoms with E-state index in [1.54, 1.807) is 31.2 Å². The Kier molecular flexibility index (Phi) is 4.98. The third-order valence-electron chi connectivity index (χ3n) is 3.92. The highest BCUT2D eigenvalue weighted by Crippen LogP contribution is 2.19. The molecule has 0 bridgehead atoms. The monoisotopic (exact) mass is 368 g/mol. The van der Waals surface area contributed by atoms with Crippen LogP contribution in [-0.4, -0.2) is 21.4 Å². The number of benzene rings is 2. The van der Waals surface area contributed by atoms with Crippen LogP contribution in [-0.2, 0) is 16.1 Å². The zero-order chi connectivity index (χ0) is 19.6. The molecule has 0 unspecified atom stereocenters. The molecule has 27 heavy (non-hydrogen) atoms. The fraction of sp³-hybridized carbons (Fsp3) is 0.158. The van der Waals surface area contributed by atoms with Crippen molar-refractivity contribution >= 4 is 34.1 Å². The zero-order valence-corrected chi connectivity index (χ0v) is 14.7. The van der Waals surface area contributed by atoms with Crippen molar-refractivity contribution < 1.29 is 14.0 Å². The van der Waals surface area contributed by atoms with E-state index >= 15 is 0 Å². The van der Waals surface area contributed by atoms with Crippen LogP contribution in [0.25, 0.3) is 10.9 Å². The first-order chi connectivity index (χ1) is 12.8. The van der Waals surface area contributed by atoms with Crippen molar-refractivity contribution in [3.8, 4) is 0 Å². The van der Waals surface area contributed by atoms with Gasteiger partial charge in [-0.25, -0.2) is 9.37 Å². The highest BCUT2D eigenvalue weighted by Gasteiger charge is 2.12. The highest BCUT2D eigenvalue weighted by molar-refractivity contribution is 5.93. The summed E-state index contributed by atoms with van der Waals surface area (Å²) in [5.74, 6) is -1.11. The van der Waals surface area contributed by atoms with Gasteiger partial charge in [-0.1, -0.05) is 12.1 Å². The fourth-order valence-electron chi connectivity index (χ4n) is 2.70. The molecule has 2 aromatic carbocycles. The number of aryl methyl sites for hydroxylation is 1. The highest BCUT2D eigenvalue weighted by atomic mass is 19.1. The Morgan fingerprint density at radius 2 is 1.89 bits per heavy atom. The lowest BCUT2D eigenvalue weighted by Crippen LogP contribution is -2.30. The van der Waals surface area contributed by atoms with Gasteiger partial charge in [0.2, 0.25) is 11.8 Å². The summed E-state index contributed by atoms with van der Waals surface area (Å²) in [6.07, 6.45) is 0. The standard InChI is InChI=1S/C19H17FN4O3/c1-11-21-16-6-4-3-5-14(16)19(27)24(11)10-18(26)23-13-7-8-15(20)17(9-13)22-12(2)25/h3-9H,10H2,1-2H3,(H,22,25)(H,23,26). The van der Waals surface area contributed by atoms with E-state index in [0.29, 0.717) is 22.4 Å². The van der Waals surface area contributed by atoms with Gasteiger partial charge >= 0.3 is 0 Å². The molecule has 0 atom stereocenters. The minimum Gasteiger partial charge on any atom is -0.324 e. The summed E-state index contributed by atoms with van der Waals surface area (Å²) in [5, 5.41) is 5.36. The van der Waals surface area contributed by atoms with Crippen LogP contribution in [0.15, 0.2) is 47.3 Å². The summed E-state index contributed by atoms with van der Waals surface area (Å²) in [5.41, 5.74) is 0.507. The molecule has 0 saturated carbocycles. The van der Waals surface area contributed by atoms with E-state index in [1.807, 2.05) is 0 Å². The number of halogens is 1. The van der Waals surface area contributed by atoms with E-state index in [4.69, 9.17) is 0 Å². The minimum absolute atomic E-state index is 0.0407. The number of anilines is 2. The molecule has 138 valence electrons. The molecule has 0 aliphatic carbocycles. The van der Waals surface area contributed by atoms with Gasteiger partial charge in [-0.15, -0.1) is 0 Å². The molecular formula is C19H17FN4O3. The van der Waals surface area contributed by atoms with Crippen molar-refractivity contribution in [2.45, 2.75) is 20.4 Å². The number of nitrogens with one attached hydrogen (secondary N) is 2. The van der Waals surface area contributed by atoms with E-state index < -0.39 is 17.6 Å². The second kappa shape index (κ2) is 7.36. The number of carbonyl (C=O) groups is 2. The number of para-hydroxylation sites is 1. The van der Waals surface area contributed by atoms with Crippen LogP contribution >= 0.6 is 0 Å². The van der Waals surface area contributed by atoms with Crippen molar-refractivity contribution in [1.29, 1.82) is 0 Å². The first-order valence-corrected chi connectivity index (χ1v) is 8.18. The summed E-state index contributed by atoms with van der Waals surface area (Å²) < 4.78 is 15.0. The molecule has 2 N–H and O–H groups in total. The summed E-state index contributed by atoms with van der Waals surface area (Å²) in [7, 11) is 0. The molecule has 0 fully saturated rings. The summed E-state index contributed by atoms with van der Waals surface area (Å²) in [4.78, 5) is 40.4. The zero-order valence-electron chi connectivity index (χ0n) is 14.7. The molecular weight excluding hydrogens is 351 g/mol. The van der Waals surface area contributed by atoms with Gasteiger partial charge in [0.25, 0.3) is 5.56 Å². The average Bonchev–Trinajstić information content (AvgIpc) is 2.61. The number of aromatic nitrogens is 2. The van der Waals surface area contributed by atoms with Crippen molar-refractivity contribution in [2.75, 3.05) is 10.6 Å². The van der Waals surface area contributed by atoms with Crippen LogP contribution in [0.1, 0.15) is 12.7 Å². The number of rotatable bonds is 4. The maximum absolute atomic E-state index is 13.7. The van der Waals surface area contributed by atoms with Gasteiger partial charge < -0.3 is 10.6 Å².